The smallest absolute Gasteiger partial charge is 0.120 e. The first-order chi connectivity index (χ1) is 9.34. The molecule has 0 aliphatic rings. The van der Waals surface area contributed by atoms with E-state index < -0.39 is 0 Å². The van der Waals surface area contributed by atoms with Gasteiger partial charge in [0.2, 0.25) is 0 Å². The van der Waals surface area contributed by atoms with Crippen LogP contribution in [-0.4, -0.2) is 10.1 Å². The zero-order chi connectivity index (χ0) is 13.1. The van der Waals surface area contributed by atoms with Crippen molar-refractivity contribution < 1.29 is 5.11 Å². The van der Waals surface area contributed by atoms with Crippen molar-refractivity contribution in [3.63, 3.8) is 0 Å². The Kier molecular flexibility index (Phi) is 3.02. The van der Waals surface area contributed by atoms with Gasteiger partial charge in [0.15, 0.2) is 0 Å². The quantitative estimate of drug-likeness (QED) is 0.747. The second kappa shape index (κ2) is 4.98. The normalized spacial score (nSPS) is 10.5. The lowest BCUT2D eigenvalue weighted by Gasteiger charge is -2.10. The van der Waals surface area contributed by atoms with Crippen molar-refractivity contribution in [1.29, 1.82) is 0 Å². The molecule has 0 fully saturated rings. The summed E-state index contributed by atoms with van der Waals surface area (Å²) in [6, 6.07) is 17.3. The molecule has 0 aliphatic heterocycles. The first-order valence-corrected chi connectivity index (χ1v) is 6.19. The van der Waals surface area contributed by atoms with E-state index in [9.17, 15) is 5.11 Å². The number of aromatic nitrogens is 1. The number of pyridine rings is 1. The molecule has 2 aromatic carbocycles. The van der Waals surface area contributed by atoms with E-state index in [1.54, 1.807) is 12.3 Å². The number of nitrogens with one attached hydrogen (secondary N) is 1. The minimum atomic E-state index is 0.313. The van der Waals surface area contributed by atoms with Gasteiger partial charge in [-0.05, 0) is 18.2 Å². The molecule has 0 bridgehead atoms. The molecule has 0 unspecified atom stereocenters. The maximum Gasteiger partial charge on any atom is 0.120 e. The van der Waals surface area contributed by atoms with E-state index in [0.717, 1.165) is 22.2 Å². The molecule has 0 atom stereocenters. The molecule has 0 saturated heterocycles. The predicted octanol–water partition coefficient (Wildman–Crippen LogP) is 3.55. The third kappa shape index (κ3) is 2.36. The zero-order valence-corrected chi connectivity index (χ0v) is 10.4. The molecule has 1 heterocycles. The molecule has 0 saturated carbocycles. The molecule has 0 aliphatic carbocycles. The molecule has 3 heteroatoms. The van der Waals surface area contributed by atoms with Gasteiger partial charge in [-0.1, -0.05) is 36.4 Å². The minimum Gasteiger partial charge on any atom is -0.508 e. The van der Waals surface area contributed by atoms with Crippen LogP contribution in [0.5, 0.6) is 5.75 Å². The molecule has 0 radical (unpaired) electrons. The topological polar surface area (TPSA) is 45.1 Å². The molecular weight excluding hydrogens is 236 g/mol. The number of nitrogens with zero attached hydrogens (tertiary/aromatic N) is 1. The second-order valence-electron chi connectivity index (χ2n) is 4.36. The third-order valence-electron chi connectivity index (χ3n) is 3.11. The Hall–Kier alpha value is -2.55. The van der Waals surface area contributed by atoms with Crippen molar-refractivity contribution >= 4 is 16.6 Å². The highest BCUT2D eigenvalue weighted by Gasteiger charge is 2.03. The fourth-order valence-corrected chi connectivity index (χ4v) is 2.10. The number of aromatic hydroxyl groups is 1. The SMILES string of the molecule is Oc1ccccc1CNc1ccnc2ccccc12. The summed E-state index contributed by atoms with van der Waals surface area (Å²) >= 11 is 0. The zero-order valence-electron chi connectivity index (χ0n) is 10.4. The average Bonchev–Trinajstić information content (AvgIpc) is 2.46. The summed E-state index contributed by atoms with van der Waals surface area (Å²) < 4.78 is 0. The highest BCUT2D eigenvalue weighted by molar-refractivity contribution is 5.90. The molecule has 19 heavy (non-hydrogen) atoms. The second-order valence-corrected chi connectivity index (χ2v) is 4.36. The molecular formula is C16H14N2O. The van der Waals surface area contributed by atoms with E-state index in [0.29, 0.717) is 12.3 Å². The van der Waals surface area contributed by atoms with Gasteiger partial charge in [0.25, 0.3) is 0 Å². The number of phenols is 1. The summed E-state index contributed by atoms with van der Waals surface area (Å²) in [5, 5.41) is 14.2. The van der Waals surface area contributed by atoms with Gasteiger partial charge >= 0.3 is 0 Å². The van der Waals surface area contributed by atoms with Crippen LogP contribution in [0.3, 0.4) is 0 Å². The van der Waals surface area contributed by atoms with Gasteiger partial charge in [-0.15, -0.1) is 0 Å². The molecule has 3 nitrogen and oxygen atoms in total. The average molecular weight is 250 g/mol. The fourth-order valence-electron chi connectivity index (χ4n) is 2.10. The van der Waals surface area contributed by atoms with E-state index in [-0.39, 0.29) is 0 Å². The molecule has 0 spiro atoms. The van der Waals surface area contributed by atoms with E-state index in [1.165, 1.54) is 0 Å². The summed E-state index contributed by atoms with van der Waals surface area (Å²) in [6.07, 6.45) is 1.79. The first kappa shape index (κ1) is 11.5. The Balaban J connectivity index is 1.88. The van der Waals surface area contributed by atoms with Gasteiger partial charge < -0.3 is 10.4 Å². The van der Waals surface area contributed by atoms with Crippen LogP contribution in [0, 0.1) is 0 Å². The highest BCUT2D eigenvalue weighted by atomic mass is 16.3. The minimum absolute atomic E-state index is 0.313. The number of benzene rings is 2. The fraction of sp³-hybridized carbons (Fsp3) is 0.0625. The van der Waals surface area contributed by atoms with Crippen LogP contribution in [-0.2, 0) is 6.54 Å². The lowest BCUT2D eigenvalue weighted by Crippen LogP contribution is -2.00. The standard InChI is InChI=1S/C16H14N2O/c19-16-8-4-1-5-12(16)11-18-15-9-10-17-14-7-3-2-6-13(14)15/h1-10,19H,11H2,(H,17,18). The molecule has 1 aromatic heterocycles. The van der Waals surface area contributed by atoms with Gasteiger partial charge in [-0.2, -0.15) is 0 Å². The van der Waals surface area contributed by atoms with Crippen LogP contribution in [0.15, 0.2) is 60.8 Å². The largest absolute Gasteiger partial charge is 0.508 e. The summed E-state index contributed by atoms with van der Waals surface area (Å²) in [5.74, 6) is 0.313. The third-order valence-corrected chi connectivity index (χ3v) is 3.11. The van der Waals surface area contributed by atoms with Crippen LogP contribution >= 0.6 is 0 Å². The number of fused-ring (bicyclic) bond motifs is 1. The molecule has 94 valence electrons. The van der Waals surface area contributed by atoms with Crippen molar-refractivity contribution in [2.75, 3.05) is 5.32 Å². The molecule has 2 N–H and O–H groups in total. The molecule has 3 aromatic rings. The van der Waals surface area contributed by atoms with Crippen LogP contribution in [0.4, 0.5) is 5.69 Å². The maximum atomic E-state index is 9.75. The maximum absolute atomic E-state index is 9.75. The lowest BCUT2D eigenvalue weighted by atomic mass is 10.1. The number of anilines is 1. The lowest BCUT2D eigenvalue weighted by molar-refractivity contribution is 0.469. The van der Waals surface area contributed by atoms with Crippen LogP contribution in [0.2, 0.25) is 0 Å². The summed E-state index contributed by atoms with van der Waals surface area (Å²) in [6.45, 7) is 0.584. The van der Waals surface area contributed by atoms with Gasteiger partial charge in [0, 0.05) is 29.4 Å². The van der Waals surface area contributed by atoms with Crippen molar-refractivity contribution in [1.82, 2.24) is 4.98 Å². The van der Waals surface area contributed by atoms with Gasteiger partial charge in [0.05, 0.1) is 5.52 Å². The van der Waals surface area contributed by atoms with Gasteiger partial charge in [-0.25, -0.2) is 0 Å². The monoisotopic (exact) mass is 250 g/mol. The van der Waals surface area contributed by atoms with Crippen LogP contribution in [0.25, 0.3) is 10.9 Å². The van der Waals surface area contributed by atoms with Crippen LogP contribution in [0.1, 0.15) is 5.56 Å². The highest BCUT2D eigenvalue weighted by Crippen LogP contribution is 2.23. The number of hydrogen-bond donors (Lipinski definition) is 2. The molecule has 0 amide bonds. The number of phenolic OH excluding ortho intramolecular Hbond substituents is 1. The Labute approximate surface area is 111 Å². The summed E-state index contributed by atoms with van der Waals surface area (Å²) in [7, 11) is 0. The van der Waals surface area contributed by atoms with Crippen LogP contribution < -0.4 is 5.32 Å². The van der Waals surface area contributed by atoms with Crippen molar-refractivity contribution in [2.24, 2.45) is 0 Å². The Morgan fingerprint density at radius 2 is 1.74 bits per heavy atom. The molecule has 3 rings (SSSR count). The Morgan fingerprint density at radius 3 is 2.63 bits per heavy atom. The summed E-state index contributed by atoms with van der Waals surface area (Å²) in [4.78, 5) is 4.33. The van der Waals surface area contributed by atoms with E-state index in [2.05, 4.69) is 10.3 Å². The number of rotatable bonds is 3. The van der Waals surface area contributed by atoms with Crippen molar-refractivity contribution in [3.05, 3.63) is 66.4 Å². The van der Waals surface area contributed by atoms with Gasteiger partial charge in [-0.3, -0.25) is 4.98 Å². The van der Waals surface area contributed by atoms with Gasteiger partial charge in [0.1, 0.15) is 5.75 Å². The van der Waals surface area contributed by atoms with E-state index >= 15 is 0 Å². The van der Waals surface area contributed by atoms with E-state index in [4.69, 9.17) is 0 Å². The first-order valence-electron chi connectivity index (χ1n) is 6.19. The van der Waals surface area contributed by atoms with E-state index in [1.807, 2.05) is 48.5 Å². The Morgan fingerprint density at radius 1 is 0.947 bits per heavy atom. The number of para-hydroxylation sites is 2. The van der Waals surface area contributed by atoms with Crippen molar-refractivity contribution in [2.45, 2.75) is 6.54 Å². The summed E-state index contributed by atoms with van der Waals surface area (Å²) in [5.41, 5.74) is 2.86. The number of hydrogen-bond acceptors (Lipinski definition) is 3. The van der Waals surface area contributed by atoms with Crippen molar-refractivity contribution in [3.8, 4) is 5.75 Å². The Bertz CT molecular complexity index is 704. The predicted molar refractivity (Wildman–Crippen MR) is 77.2 cm³/mol.